The molecule has 2 aromatic rings. The molecule has 0 aliphatic heterocycles. The van der Waals surface area contributed by atoms with Crippen molar-refractivity contribution in [2.45, 2.75) is 0 Å². The Labute approximate surface area is 114 Å². The van der Waals surface area contributed by atoms with E-state index in [0.717, 1.165) is 0 Å². The second-order valence-corrected chi connectivity index (χ2v) is 4.23. The Morgan fingerprint density at radius 3 is 2.42 bits per heavy atom. The van der Waals surface area contributed by atoms with Crippen LogP contribution in [0.4, 0.5) is 10.1 Å². The highest BCUT2D eigenvalue weighted by molar-refractivity contribution is 6.31. The molecule has 0 unspecified atom stereocenters. The monoisotopic (exact) mass is 277 g/mol. The van der Waals surface area contributed by atoms with Crippen LogP contribution < -0.4 is 5.32 Å². The number of anilines is 1. The molecule has 0 atom stereocenters. The zero-order valence-electron chi connectivity index (χ0n) is 9.69. The second kappa shape index (κ2) is 5.63. The number of hydrogen-bond donors (Lipinski definition) is 1. The molecule has 0 radical (unpaired) electrons. The van der Waals surface area contributed by atoms with Gasteiger partial charge in [0.1, 0.15) is 12.1 Å². The van der Waals surface area contributed by atoms with E-state index >= 15 is 0 Å². The maximum atomic E-state index is 13.0. The first-order chi connectivity index (χ1) is 9.10. The Kier molecular flexibility index (Phi) is 3.92. The molecular formula is C14H9ClFNO2. The van der Waals surface area contributed by atoms with E-state index in [4.69, 9.17) is 11.6 Å². The molecule has 5 heteroatoms. The minimum atomic E-state index is -0.546. The van der Waals surface area contributed by atoms with E-state index in [1.807, 2.05) is 0 Å². The fourth-order valence-electron chi connectivity index (χ4n) is 1.49. The van der Waals surface area contributed by atoms with Gasteiger partial charge in [-0.05, 0) is 30.3 Å². The second-order valence-electron chi connectivity index (χ2n) is 3.82. The summed E-state index contributed by atoms with van der Waals surface area (Å²) in [7, 11) is 0. The van der Waals surface area contributed by atoms with Gasteiger partial charge in [0, 0.05) is 16.8 Å². The van der Waals surface area contributed by atoms with Crippen molar-refractivity contribution in [2.24, 2.45) is 0 Å². The summed E-state index contributed by atoms with van der Waals surface area (Å²) in [6.45, 7) is 0. The summed E-state index contributed by atoms with van der Waals surface area (Å²) < 4.78 is 13.0. The number of halogens is 2. The van der Waals surface area contributed by atoms with Crippen molar-refractivity contribution < 1.29 is 14.0 Å². The van der Waals surface area contributed by atoms with E-state index in [0.29, 0.717) is 23.1 Å². The number of nitrogens with one attached hydrogen (secondary N) is 1. The van der Waals surface area contributed by atoms with Crippen LogP contribution in [0.1, 0.15) is 20.7 Å². The van der Waals surface area contributed by atoms with Crippen molar-refractivity contribution in [2.75, 3.05) is 5.32 Å². The lowest BCUT2D eigenvalue weighted by Gasteiger charge is -2.06. The molecule has 2 rings (SSSR count). The van der Waals surface area contributed by atoms with E-state index in [9.17, 15) is 14.0 Å². The number of aldehydes is 1. The molecule has 0 saturated carbocycles. The number of carbonyl (C=O) groups is 2. The van der Waals surface area contributed by atoms with Crippen molar-refractivity contribution >= 4 is 29.5 Å². The summed E-state index contributed by atoms with van der Waals surface area (Å²) in [5.74, 6) is -0.907. The number of hydrogen-bond acceptors (Lipinski definition) is 2. The van der Waals surface area contributed by atoms with Crippen molar-refractivity contribution in [3.05, 3.63) is 64.4 Å². The van der Waals surface area contributed by atoms with E-state index in [2.05, 4.69) is 5.32 Å². The Hall–Kier alpha value is -2.20. The molecule has 0 aliphatic rings. The molecule has 0 aliphatic carbocycles. The SMILES string of the molecule is O=Cc1ccc(C(=O)Nc2ccc(F)c(Cl)c2)cc1. The highest BCUT2D eigenvalue weighted by Gasteiger charge is 2.07. The van der Waals surface area contributed by atoms with Crippen molar-refractivity contribution in [3.63, 3.8) is 0 Å². The molecule has 1 N–H and O–H groups in total. The van der Waals surface area contributed by atoms with Gasteiger partial charge in [0.25, 0.3) is 5.91 Å². The quantitative estimate of drug-likeness (QED) is 0.872. The minimum absolute atomic E-state index is 0.0610. The molecule has 0 heterocycles. The third kappa shape index (κ3) is 3.17. The zero-order chi connectivity index (χ0) is 13.8. The first kappa shape index (κ1) is 13.2. The van der Waals surface area contributed by atoms with Crippen LogP contribution in [0.5, 0.6) is 0 Å². The Bertz CT molecular complexity index is 626. The Morgan fingerprint density at radius 2 is 1.84 bits per heavy atom. The summed E-state index contributed by atoms with van der Waals surface area (Å²) in [6.07, 6.45) is 0.696. The third-order valence-corrected chi connectivity index (χ3v) is 2.78. The van der Waals surface area contributed by atoms with Crippen LogP contribution in [0.25, 0.3) is 0 Å². The van der Waals surface area contributed by atoms with Gasteiger partial charge in [-0.25, -0.2) is 4.39 Å². The van der Waals surface area contributed by atoms with Crippen molar-refractivity contribution in [1.82, 2.24) is 0 Å². The molecular weight excluding hydrogens is 269 g/mol. The average molecular weight is 278 g/mol. The van der Waals surface area contributed by atoms with E-state index < -0.39 is 5.82 Å². The number of carbonyl (C=O) groups excluding carboxylic acids is 2. The van der Waals surface area contributed by atoms with Crippen LogP contribution in [-0.2, 0) is 0 Å². The van der Waals surface area contributed by atoms with Gasteiger partial charge in [0.05, 0.1) is 5.02 Å². The lowest BCUT2D eigenvalue weighted by Crippen LogP contribution is -2.11. The van der Waals surface area contributed by atoms with Gasteiger partial charge >= 0.3 is 0 Å². The van der Waals surface area contributed by atoms with Gasteiger partial charge < -0.3 is 5.32 Å². The average Bonchev–Trinajstić information content (AvgIpc) is 2.43. The molecule has 0 saturated heterocycles. The molecule has 2 aromatic carbocycles. The number of benzene rings is 2. The maximum Gasteiger partial charge on any atom is 0.255 e. The summed E-state index contributed by atoms with van der Waals surface area (Å²) in [4.78, 5) is 22.4. The van der Waals surface area contributed by atoms with Gasteiger partial charge in [-0.3, -0.25) is 9.59 Å². The standard InChI is InChI=1S/C14H9ClFNO2/c15-12-7-11(5-6-13(12)16)17-14(19)10-3-1-9(8-18)2-4-10/h1-8H,(H,17,19). The molecule has 1 amide bonds. The molecule has 96 valence electrons. The highest BCUT2D eigenvalue weighted by atomic mass is 35.5. The third-order valence-electron chi connectivity index (χ3n) is 2.49. The van der Waals surface area contributed by atoms with Crippen LogP contribution >= 0.6 is 11.6 Å². The molecule has 0 bridgehead atoms. The van der Waals surface area contributed by atoms with Gasteiger partial charge in [-0.1, -0.05) is 23.7 Å². The molecule has 3 nitrogen and oxygen atoms in total. The smallest absolute Gasteiger partial charge is 0.255 e. The van der Waals surface area contributed by atoms with E-state index in [1.54, 1.807) is 12.1 Å². The van der Waals surface area contributed by atoms with Crippen molar-refractivity contribution in [1.29, 1.82) is 0 Å². The lowest BCUT2D eigenvalue weighted by atomic mass is 10.1. The van der Waals surface area contributed by atoms with Crippen molar-refractivity contribution in [3.8, 4) is 0 Å². The number of amides is 1. The minimum Gasteiger partial charge on any atom is -0.322 e. The molecule has 0 fully saturated rings. The molecule has 19 heavy (non-hydrogen) atoms. The molecule has 0 spiro atoms. The van der Waals surface area contributed by atoms with Gasteiger partial charge in [0.2, 0.25) is 0 Å². The molecule has 0 aromatic heterocycles. The Morgan fingerprint density at radius 1 is 1.16 bits per heavy atom. The van der Waals surface area contributed by atoms with Crippen LogP contribution in [0.15, 0.2) is 42.5 Å². The van der Waals surface area contributed by atoms with Crippen LogP contribution in [-0.4, -0.2) is 12.2 Å². The zero-order valence-corrected chi connectivity index (χ0v) is 10.4. The van der Waals surface area contributed by atoms with Gasteiger partial charge in [-0.15, -0.1) is 0 Å². The van der Waals surface area contributed by atoms with Gasteiger partial charge in [0.15, 0.2) is 0 Å². The summed E-state index contributed by atoms with van der Waals surface area (Å²) in [6, 6.07) is 10.1. The van der Waals surface area contributed by atoms with Crippen LogP contribution in [0, 0.1) is 5.82 Å². The lowest BCUT2D eigenvalue weighted by molar-refractivity contribution is 0.102. The summed E-state index contributed by atoms with van der Waals surface area (Å²) in [5.41, 5.74) is 1.28. The Balaban J connectivity index is 2.15. The topological polar surface area (TPSA) is 46.2 Å². The first-order valence-corrected chi connectivity index (χ1v) is 5.79. The normalized spacial score (nSPS) is 10.0. The van der Waals surface area contributed by atoms with E-state index in [-0.39, 0.29) is 10.9 Å². The number of rotatable bonds is 3. The highest BCUT2D eigenvalue weighted by Crippen LogP contribution is 2.19. The largest absolute Gasteiger partial charge is 0.322 e. The van der Waals surface area contributed by atoms with Crippen LogP contribution in [0.3, 0.4) is 0 Å². The predicted octanol–water partition coefficient (Wildman–Crippen LogP) is 3.54. The van der Waals surface area contributed by atoms with Crippen LogP contribution in [0.2, 0.25) is 5.02 Å². The first-order valence-electron chi connectivity index (χ1n) is 5.42. The summed E-state index contributed by atoms with van der Waals surface area (Å²) in [5, 5.41) is 2.52. The van der Waals surface area contributed by atoms with E-state index in [1.165, 1.54) is 30.3 Å². The fraction of sp³-hybridized carbons (Fsp3) is 0. The predicted molar refractivity (Wildman–Crippen MR) is 71.2 cm³/mol. The van der Waals surface area contributed by atoms with Gasteiger partial charge in [-0.2, -0.15) is 0 Å². The fourth-order valence-corrected chi connectivity index (χ4v) is 1.67. The maximum absolute atomic E-state index is 13.0. The summed E-state index contributed by atoms with van der Waals surface area (Å²) >= 11 is 5.62.